The van der Waals surface area contributed by atoms with Crippen molar-refractivity contribution < 1.29 is 17.0 Å². The fourth-order valence-electron chi connectivity index (χ4n) is 1.02. The maximum Gasteiger partial charge on any atom is 2.00 e. The summed E-state index contributed by atoms with van der Waals surface area (Å²) in [6.07, 6.45) is 5.22. The van der Waals surface area contributed by atoms with Crippen molar-refractivity contribution in [2.24, 2.45) is 11.8 Å². The van der Waals surface area contributed by atoms with Gasteiger partial charge >= 0.3 is 23.1 Å². The molecule has 0 aromatic heterocycles. The molecule has 0 amide bonds. The van der Waals surface area contributed by atoms with Crippen LogP contribution < -0.4 is 17.0 Å². The van der Waals surface area contributed by atoms with Gasteiger partial charge in [-0.1, -0.05) is 46.0 Å². The van der Waals surface area contributed by atoms with Crippen molar-refractivity contribution >= 4 is 23.1 Å². The van der Waals surface area contributed by atoms with E-state index >= 15 is 0 Å². The molecule has 2 heteroatoms. The zero-order chi connectivity index (χ0) is 7.98. The number of rotatable bonds is 5. The topological polar surface area (TPSA) is 0 Å². The average molecular weight is 245 g/mol. The molecule has 0 saturated carbocycles. The fourth-order valence-corrected chi connectivity index (χ4v) is 1.02. The first kappa shape index (κ1) is 18.9. The summed E-state index contributed by atoms with van der Waals surface area (Å²) in [6.45, 7) is 10.7. The maximum atomic E-state index is 3.88. The van der Waals surface area contributed by atoms with Gasteiger partial charge in [0, 0.05) is 0 Å². The number of hydrogen-bond acceptors (Lipinski definition) is 0. The molecule has 0 fully saturated rings. The first-order valence-electron chi connectivity index (χ1n) is 4.46. The molecule has 0 heterocycles. The van der Waals surface area contributed by atoms with Gasteiger partial charge in [0.25, 0.3) is 0 Å². The summed E-state index contributed by atoms with van der Waals surface area (Å²) in [7, 11) is 0. The van der Waals surface area contributed by atoms with Crippen LogP contribution in [0.2, 0.25) is 0 Å². The Morgan fingerprint density at radius 2 is 1.58 bits per heavy atom. The minimum Gasteiger partial charge on any atom is -1.00 e. The number of halogens is 1. The second-order valence-corrected chi connectivity index (χ2v) is 3.72. The molecule has 0 radical (unpaired) electrons. The molecule has 0 aliphatic rings. The Morgan fingerprint density at radius 3 is 1.92 bits per heavy atom. The second kappa shape index (κ2) is 12.2. The smallest absolute Gasteiger partial charge is 1.00 e. The molecule has 0 nitrogen and oxygen atoms in total. The largest absolute Gasteiger partial charge is 2.00 e. The summed E-state index contributed by atoms with van der Waals surface area (Å²) in [5, 5.41) is 0. The Labute approximate surface area is 105 Å². The predicted octanol–water partition coefficient (Wildman–Crippen LogP) is 0.296. The molecule has 0 N–H and O–H groups in total. The molecular weight excluding hydrogens is 224 g/mol. The summed E-state index contributed by atoms with van der Waals surface area (Å²) in [6, 6.07) is 0. The van der Waals surface area contributed by atoms with E-state index < -0.39 is 0 Å². The van der Waals surface area contributed by atoms with E-state index in [1.807, 2.05) is 0 Å². The first-order valence-corrected chi connectivity index (χ1v) is 4.46. The normalized spacial score (nSPS) is 11.8. The quantitative estimate of drug-likeness (QED) is 0.483. The van der Waals surface area contributed by atoms with Crippen LogP contribution in [-0.4, -0.2) is 23.1 Å². The molecule has 0 spiro atoms. The van der Waals surface area contributed by atoms with Crippen LogP contribution in [0.3, 0.4) is 0 Å². The van der Waals surface area contributed by atoms with E-state index in [9.17, 15) is 0 Å². The minimum absolute atomic E-state index is 0. The molecule has 0 aromatic rings. The molecule has 0 aliphatic heterocycles. The summed E-state index contributed by atoms with van der Waals surface area (Å²) in [4.78, 5) is 0. The second-order valence-electron chi connectivity index (χ2n) is 3.72. The zero-order valence-corrected chi connectivity index (χ0v) is 11.8. The van der Waals surface area contributed by atoms with Crippen LogP contribution >= 0.6 is 0 Å². The molecule has 0 unspecified atom stereocenters. The molecule has 0 aliphatic carbocycles. The van der Waals surface area contributed by atoms with Crippen LogP contribution in [0.5, 0.6) is 0 Å². The number of hydrogen-bond donors (Lipinski definition) is 0. The van der Waals surface area contributed by atoms with E-state index in [4.69, 9.17) is 0 Å². The molecule has 70 valence electrons. The van der Waals surface area contributed by atoms with Gasteiger partial charge in [0.1, 0.15) is 0 Å². The predicted molar refractivity (Wildman–Crippen MR) is 53.6 cm³/mol. The van der Waals surface area contributed by atoms with Crippen molar-refractivity contribution in [1.29, 1.82) is 0 Å². The van der Waals surface area contributed by atoms with Crippen molar-refractivity contribution in [3.8, 4) is 0 Å². The van der Waals surface area contributed by atoms with Crippen molar-refractivity contribution in [2.45, 2.75) is 46.5 Å². The van der Waals surface area contributed by atoms with E-state index in [1.165, 1.54) is 19.3 Å². The van der Waals surface area contributed by atoms with E-state index in [-0.39, 0.29) is 40.0 Å². The molecule has 0 rings (SSSR count). The molecule has 12 heavy (non-hydrogen) atoms. The van der Waals surface area contributed by atoms with Gasteiger partial charge in [-0.2, -0.15) is 6.42 Å². The van der Waals surface area contributed by atoms with E-state index in [0.29, 0.717) is 0 Å². The summed E-state index contributed by atoms with van der Waals surface area (Å²) < 4.78 is 0. The van der Waals surface area contributed by atoms with Gasteiger partial charge in [-0.15, -0.1) is 0 Å². The van der Waals surface area contributed by atoms with Gasteiger partial charge < -0.3 is 23.9 Å². The van der Waals surface area contributed by atoms with Crippen molar-refractivity contribution in [2.75, 3.05) is 0 Å². The third-order valence-corrected chi connectivity index (χ3v) is 1.97. The third kappa shape index (κ3) is 13.8. The van der Waals surface area contributed by atoms with Crippen molar-refractivity contribution in [3.05, 3.63) is 6.92 Å². The molecule has 0 saturated heterocycles. The van der Waals surface area contributed by atoms with Crippen LogP contribution in [0.25, 0.3) is 0 Å². The fraction of sp³-hybridized carbons (Fsp3) is 0.900. The molecule has 1 atom stereocenters. The van der Waals surface area contributed by atoms with Crippen molar-refractivity contribution in [1.82, 2.24) is 0 Å². The van der Waals surface area contributed by atoms with Crippen LogP contribution in [0.4, 0.5) is 0 Å². The SMILES string of the molecule is [Br-].[CH2-]C[C@H](C)CCCC(C)C.[Mg+2]. The Bertz CT molecular complexity index is 74.2. The Kier molecular flexibility index (Phi) is 19.3. The van der Waals surface area contributed by atoms with Gasteiger partial charge in [-0.3, -0.25) is 0 Å². The van der Waals surface area contributed by atoms with Gasteiger partial charge in [-0.25, -0.2) is 0 Å². The zero-order valence-electron chi connectivity index (χ0n) is 8.78. The summed E-state index contributed by atoms with van der Waals surface area (Å²) in [5.74, 6) is 1.70. The van der Waals surface area contributed by atoms with Gasteiger partial charge in [0.05, 0.1) is 0 Å². The van der Waals surface area contributed by atoms with E-state index in [0.717, 1.165) is 18.3 Å². The Morgan fingerprint density at radius 1 is 1.08 bits per heavy atom. The molecule has 0 aromatic carbocycles. The molecule has 0 bridgehead atoms. The van der Waals surface area contributed by atoms with Crippen LogP contribution in [0.1, 0.15) is 46.5 Å². The van der Waals surface area contributed by atoms with Crippen molar-refractivity contribution in [3.63, 3.8) is 0 Å². The Balaban J connectivity index is -0.000000405. The third-order valence-electron chi connectivity index (χ3n) is 1.97. The standard InChI is InChI=1S/C10H21.BrH.Mg/c1-5-10(4)8-6-7-9(2)3;;/h9-10H,1,5-8H2,2-4H3;1H;/q-1;;+2/p-1/t10-;;/m0../s1. The summed E-state index contributed by atoms with van der Waals surface area (Å²) >= 11 is 0. The van der Waals surface area contributed by atoms with Crippen LogP contribution in [-0.2, 0) is 0 Å². The average Bonchev–Trinajstić information content (AvgIpc) is 1.87. The molecular formula is C10H21BrMg. The minimum atomic E-state index is 0. The Hall–Kier alpha value is 1.25. The van der Waals surface area contributed by atoms with Gasteiger partial charge in [0.15, 0.2) is 0 Å². The van der Waals surface area contributed by atoms with Gasteiger partial charge in [-0.05, 0) is 5.92 Å². The van der Waals surface area contributed by atoms with E-state index in [2.05, 4.69) is 27.7 Å². The van der Waals surface area contributed by atoms with Crippen LogP contribution in [0.15, 0.2) is 0 Å². The first-order chi connectivity index (χ1) is 4.66. The monoisotopic (exact) mass is 244 g/mol. The van der Waals surface area contributed by atoms with E-state index in [1.54, 1.807) is 0 Å². The summed E-state index contributed by atoms with van der Waals surface area (Å²) in [5.41, 5.74) is 0. The van der Waals surface area contributed by atoms with Gasteiger partial charge in [0.2, 0.25) is 0 Å². The van der Waals surface area contributed by atoms with Crippen LogP contribution in [0, 0.1) is 18.8 Å². The maximum absolute atomic E-state index is 3.88.